The van der Waals surface area contributed by atoms with E-state index in [1.165, 1.54) is 0 Å². The normalized spacial score (nSPS) is 10.8. The van der Waals surface area contributed by atoms with Crippen molar-refractivity contribution in [2.24, 2.45) is 4.99 Å². The van der Waals surface area contributed by atoms with E-state index in [1.807, 2.05) is 18.2 Å². The van der Waals surface area contributed by atoms with E-state index in [4.69, 9.17) is 14.2 Å². The molecule has 0 atom stereocenters. The lowest BCUT2D eigenvalue weighted by Crippen LogP contribution is -2.37. The van der Waals surface area contributed by atoms with E-state index in [0.717, 1.165) is 5.69 Å². The summed E-state index contributed by atoms with van der Waals surface area (Å²) < 4.78 is 15.7. The second-order valence-corrected chi connectivity index (χ2v) is 5.68. The summed E-state index contributed by atoms with van der Waals surface area (Å²) in [7, 11) is 6.41. The van der Waals surface area contributed by atoms with Crippen molar-refractivity contribution in [2.75, 3.05) is 46.8 Å². The van der Waals surface area contributed by atoms with Gasteiger partial charge in [0.1, 0.15) is 5.75 Å². The van der Waals surface area contributed by atoms with Crippen LogP contribution < -0.4 is 30.2 Å². The van der Waals surface area contributed by atoms with Crippen molar-refractivity contribution in [1.82, 2.24) is 10.6 Å². The third-order valence-corrected chi connectivity index (χ3v) is 3.90. The second kappa shape index (κ2) is 10.7. The number of hydrogen-bond acceptors (Lipinski definition) is 5. The van der Waals surface area contributed by atoms with E-state index in [9.17, 15) is 4.79 Å². The molecule has 1 amide bonds. The third-order valence-electron chi connectivity index (χ3n) is 3.90. The van der Waals surface area contributed by atoms with Crippen LogP contribution in [-0.2, 0) is 0 Å². The highest BCUT2D eigenvalue weighted by Gasteiger charge is 2.08. The van der Waals surface area contributed by atoms with Crippen molar-refractivity contribution in [2.45, 2.75) is 0 Å². The van der Waals surface area contributed by atoms with Crippen LogP contribution in [0, 0.1) is 0 Å². The highest BCUT2D eigenvalue weighted by Crippen LogP contribution is 2.29. The van der Waals surface area contributed by atoms with Crippen molar-refractivity contribution in [3.63, 3.8) is 0 Å². The first-order valence-corrected chi connectivity index (χ1v) is 8.73. The zero-order chi connectivity index (χ0) is 20.4. The van der Waals surface area contributed by atoms with Gasteiger partial charge in [-0.25, -0.2) is 0 Å². The largest absolute Gasteiger partial charge is 0.497 e. The maximum Gasteiger partial charge on any atom is 0.251 e. The van der Waals surface area contributed by atoms with Crippen LogP contribution in [0.2, 0.25) is 0 Å². The minimum Gasteiger partial charge on any atom is -0.497 e. The van der Waals surface area contributed by atoms with Gasteiger partial charge in [0.2, 0.25) is 0 Å². The van der Waals surface area contributed by atoms with E-state index in [1.54, 1.807) is 52.6 Å². The number of methoxy groups -OCH3 is 3. The summed E-state index contributed by atoms with van der Waals surface area (Å²) >= 11 is 0. The Labute approximate surface area is 164 Å². The van der Waals surface area contributed by atoms with Crippen molar-refractivity contribution >= 4 is 17.6 Å². The summed E-state index contributed by atoms with van der Waals surface area (Å²) in [5, 5.41) is 9.16. The van der Waals surface area contributed by atoms with Gasteiger partial charge in [-0.1, -0.05) is 6.07 Å². The van der Waals surface area contributed by atoms with Crippen LogP contribution >= 0.6 is 0 Å². The van der Waals surface area contributed by atoms with Crippen LogP contribution in [0.1, 0.15) is 10.4 Å². The number of hydrogen-bond donors (Lipinski definition) is 3. The summed E-state index contributed by atoms with van der Waals surface area (Å²) in [6.45, 7) is 0.936. The SMILES string of the molecule is CN=C(NCCNC(=O)c1cccc(OC)c1)Nc1ccc(OC)c(OC)c1. The monoisotopic (exact) mass is 386 g/mol. The van der Waals surface area contributed by atoms with Gasteiger partial charge >= 0.3 is 0 Å². The van der Waals surface area contributed by atoms with Crippen LogP contribution in [0.3, 0.4) is 0 Å². The molecule has 0 aliphatic rings. The molecule has 8 heteroatoms. The topological polar surface area (TPSA) is 93.2 Å². The fourth-order valence-electron chi connectivity index (χ4n) is 2.45. The molecule has 28 heavy (non-hydrogen) atoms. The molecule has 2 aromatic rings. The second-order valence-electron chi connectivity index (χ2n) is 5.68. The Kier molecular flexibility index (Phi) is 7.95. The summed E-state index contributed by atoms with van der Waals surface area (Å²) in [6, 6.07) is 12.5. The molecule has 0 radical (unpaired) electrons. The van der Waals surface area contributed by atoms with Crippen LogP contribution in [0.15, 0.2) is 47.5 Å². The minimum absolute atomic E-state index is 0.163. The number of amides is 1. The Morgan fingerprint density at radius 3 is 2.36 bits per heavy atom. The number of nitrogens with one attached hydrogen (secondary N) is 3. The van der Waals surface area contributed by atoms with E-state index in [-0.39, 0.29) is 5.91 Å². The minimum atomic E-state index is -0.163. The van der Waals surface area contributed by atoms with E-state index < -0.39 is 0 Å². The molecule has 0 aromatic heterocycles. The molecule has 2 rings (SSSR count). The molecule has 0 unspecified atom stereocenters. The molecule has 0 fully saturated rings. The molecule has 3 N–H and O–H groups in total. The summed E-state index contributed by atoms with van der Waals surface area (Å²) in [5.41, 5.74) is 1.35. The van der Waals surface area contributed by atoms with Gasteiger partial charge in [-0.3, -0.25) is 9.79 Å². The van der Waals surface area contributed by atoms with Crippen LogP contribution in [0.5, 0.6) is 17.2 Å². The maximum absolute atomic E-state index is 12.2. The molecular weight excluding hydrogens is 360 g/mol. The number of nitrogens with zero attached hydrogens (tertiary/aromatic N) is 1. The van der Waals surface area contributed by atoms with Crippen LogP contribution in [0.4, 0.5) is 5.69 Å². The molecule has 0 heterocycles. The van der Waals surface area contributed by atoms with Gasteiger partial charge in [0.05, 0.1) is 21.3 Å². The van der Waals surface area contributed by atoms with Gasteiger partial charge < -0.3 is 30.2 Å². The molecule has 0 saturated carbocycles. The Hall–Kier alpha value is -3.42. The number of aliphatic imine (C=N–C) groups is 1. The van der Waals surface area contributed by atoms with Gasteiger partial charge in [-0.2, -0.15) is 0 Å². The Morgan fingerprint density at radius 2 is 1.68 bits per heavy atom. The van der Waals surface area contributed by atoms with Crippen LogP contribution in [0.25, 0.3) is 0 Å². The number of ether oxygens (including phenoxy) is 3. The smallest absolute Gasteiger partial charge is 0.251 e. The fraction of sp³-hybridized carbons (Fsp3) is 0.300. The molecule has 0 aliphatic heterocycles. The Balaban J connectivity index is 1.83. The molecule has 0 spiro atoms. The highest BCUT2D eigenvalue weighted by molar-refractivity contribution is 5.95. The van der Waals surface area contributed by atoms with Crippen molar-refractivity contribution in [1.29, 1.82) is 0 Å². The van der Waals surface area contributed by atoms with Gasteiger partial charge in [-0.15, -0.1) is 0 Å². The lowest BCUT2D eigenvalue weighted by molar-refractivity contribution is 0.0954. The molecule has 2 aromatic carbocycles. The molecule has 0 aliphatic carbocycles. The van der Waals surface area contributed by atoms with Crippen molar-refractivity contribution < 1.29 is 19.0 Å². The average molecular weight is 386 g/mol. The molecular formula is C20H26N4O4. The predicted octanol–water partition coefficient (Wildman–Crippen LogP) is 2.13. The molecule has 0 saturated heterocycles. The lowest BCUT2D eigenvalue weighted by atomic mass is 10.2. The quantitative estimate of drug-likeness (QED) is 0.366. The van der Waals surface area contributed by atoms with Gasteiger partial charge in [-0.05, 0) is 30.3 Å². The van der Waals surface area contributed by atoms with E-state index >= 15 is 0 Å². The lowest BCUT2D eigenvalue weighted by Gasteiger charge is -2.14. The molecule has 150 valence electrons. The fourth-order valence-corrected chi connectivity index (χ4v) is 2.45. The Bertz CT molecular complexity index is 824. The first-order valence-electron chi connectivity index (χ1n) is 8.73. The van der Waals surface area contributed by atoms with E-state index in [0.29, 0.717) is 41.9 Å². The molecule has 8 nitrogen and oxygen atoms in total. The zero-order valence-corrected chi connectivity index (χ0v) is 16.5. The van der Waals surface area contributed by atoms with Gasteiger partial charge in [0.15, 0.2) is 17.5 Å². The summed E-state index contributed by atoms with van der Waals surface area (Å²) in [5.74, 6) is 2.32. The predicted molar refractivity (Wildman–Crippen MR) is 110 cm³/mol. The number of guanidine groups is 1. The summed E-state index contributed by atoms with van der Waals surface area (Å²) in [6.07, 6.45) is 0. The van der Waals surface area contributed by atoms with E-state index in [2.05, 4.69) is 20.9 Å². The highest BCUT2D eigenvalue weighted by atomic mass is 16.5. The zero-order valence-electron chi connectivity index (χ0n) is 16.5. The first kappa shape index (κ1) is 20.9. The average Bonchev–Trinajstić information content (AvgIpc) is 2.75. The number of benzene rings is 2. The van der Waals surface area contributed by atoms with Gasteiger partial charge in [0.25, 0.3) is 5.91 Å². The van der Waals surface area contributed by atoms with Gasteiger partial charge in [0, 0.05) is 37.5 Å². The van der Waals surface area contributed by atoms with Crippen molar-refractivity contribution in [3.8, 4) is 17.2 Å². The maximum atomic E-state index is 12.2. The van der Waals surface area contributed by atoms with Crippen LogP contribution in [-0.4, -0.2) is 53.3 Å². The Morgan fingerprint density at radius 1 is 0.929 bits per heavy atom. The number of carbonyl (C=O) groups excluding carboxylic acids is 1. The molecule has 0 bridgehead atoms. The summed E-state index contributed by atoms with van der Waals surface area (Å²) in [4.78, 5) is 16.4. The third kappa shape index (κ3) is 5.80. The number of rotatable bonds is 8. The number of anilines is 1. The number of carbonyl (C=O) groups is 1. The standard InChI is InChI=1S/C20H26N4O4/c1-21-20(24-15-8-9-17(27-3)18(13-15)28-4)23-11-10-22-19(25)14-6-5-7-16(12-14)26-2/h5-9,12-13H,10-11H2,1-4H3,(H,22,25)(H2,21,23,24). The van der Waals surface area contributed by atoms with Crippen molar-refractivity contribution in [3.05, 3.63) is 48.0 Å². The first-order chi connectivity index (χ1) is 13.6.